The SMILES string of the molecule is CCc1noc(COC(=O)c2ccccc2SCC(=O)NCCOC)n1. The molecule has 1 aromatic carbocycles. The first-order valence-corrected chi connectivity index (χ1v) is 9.08. The zero-order chi connectivity index (χ0) is 18.8. The van der Waals surface area contributed by atoms with Gasteiger partial charge in [-0.1, -0.05) is 24.2 Å². The molecule has 0 fully saturated rings. The van der Waals surface area contributed by atoms with Gasteiger partial charge in [0, 0.05) is 25.0 Å². The first-order chi connectivity index (χ1) is 12.6. The zero-order valence-electron chi connectivity index (χ0n) is 14.7. The number of rotatable bonds is 10. The summed E-state index contributed by atoms with van der Waals surface area (Å²) in [5, 5.41) is 6.48. The van der Waals surface area contributed by atoms with Crippen molar-refractivity contribution < 1.29 is 23.6 Å². The van der Waals surface area contributed by atoms with Crippen LogP contribution in [0.3, 0.4) is 0 Å². The third kappa shape index (κ3) is 6.16. The van der Waals surface area contributed by atoms with E-state index in [2.05, 4.69) is 15.5 Å². The molecule has 1 N–H and O–H groups in total. The fraction of sp³-hybridized carbons (Fsp3) is 0.412. The van der Waals surface area contributed by atoms with Gasteiger partial charge in [0.2, 0.25) is 5.91 Å². The van der Waals surface area contributed by atoms with Crippen LogP contribution in [0, 0.1) is 0 Å². The van der Waals surface area contributed by atoms with Crippen molar-refractivity contribution in [3.8, 4) is 0 Å². The van der Waals surface area contributed by atoms with Crippen LogP contribution in [0.15, 0.2) is 33.7 Å². The number of thioether (sulfide) groups is 1. The number of ether oxygens (including phenoxy) is 2. The average Bonchev–Trinajstić information content (AvgIpc) is 3.13. The summed E-state index contributed by atoms with van der Waals surface area (Å²) in [5.41, 5.74) is 0.387. The maximum absolute atomic E-state index is 12.3. The predicted octanol–water partition coefficient (Wildman–Crippen LogP) is 1.84. The van der Waals surface area contributed by atoms with Gasteiger partial charge in [-0.05, 0) is 12.1 Å². The van der Waals surface area contributed by atoms with Crippen LogP contribution in [0.25, 0.3) is 0 Å². The maximum Gasteiger partial charge on any atom is 0.339 e. The van der Waals surface area contributed by atoms with Crippen molar-refractivity contribution >= 4 is 23.6 Å². The van der Waals surface area contributed by atoms with Gasteiger partial charge in [0.25, 0.3) is 5.89 Å². The molecule has 1 heterocycles. The minimum Gasteiger partial charge on any atom is -0.452 e. The van der Waals surface area contributed by atoms with Gasteiger partial charge in [-0.25, -0.2) is 4.79 Å². The highest BCUT2D eigenvalue weighted by atomic mass is 32.2. The lowest BCUT2D eigenvalue weighted by Gasteiger charge is -2.08. The molecule has 1 aromatic heterocycles. The molecule has 0 saturated carbocycles. The molecule has 1 amide bonds. The van der Waals surface area contributed by atoms with Crippen molar-refractivity contribution in [2.24, 2.45) is 0 Å². The van der Waals surface area contributed by atoms with E-state index in [0.717, 1.165) is 0 Å². The second-order valence-corrected chi connectivity index (χ2v) is 6.18. The van der Waals surface area contributed by atoms with Crippen LogP contribution in [-0.2, 0) is 27.3 Å². The highest BCUT2D eigenvalue weighted by Gasteiger charge is 2.15. The summed E-state index contributed by atoms with van der Waals surface area (Å²) in [7, 11) is 1.57. The van der Waals surface area contributed by atoms with Crippen LogP contribution in [0.2, 0.25) is 0 Å². The number of nitrogens with zero attached hydrogens (tertiary/aromatic N) is 2. The number of carbonyl (C=O) groups is 2. The zero-order valence-corrected chi connectivity index (χ0v) is 15.5. The summed E-state index contributed by atoms with van der Waals surface area (Å²) in [6, 6.07) is 6.96. The lowest BCUT2D eigenvalue weighted by atomic mass is 10.2. The van der Waals surface area contributed by atoms with Gasteiger partial charge < -0.3 is 19.3 Å². The molecule has 9 heteroatoms. The van der Waals surface area contributed by atoms with E-state index < -0.39 is 5.97 Å². The highest BCUT2D eigenvalue weighted by Crippen LogP contribution is 2.23. The van der Waals surface area contributed by atoms with E-state index in [0.29, 0.717) is 35.9 Å². The van der Waals surface area contributed by atoms with Crippen molar-refractivity contribution in [3.63, 3.8) is 0 Å². The summed E-state index contributed by atoms with van der Waals surface area (Å²) in [6.45, 7) is 2.71. The van der Waals surface area contributed by atoms with E-state index >= 15 is 0 Å². The molecule has 2 aromatic rings. The molecular weight excluding hydrogens is 358 g/mol. The molecule has 0 aliphatic heterocycles. The molecule has 140 valence electrons. The Morgan fingerprint density at radius 3 is 2.85 bits per heavy atom. The fourth-order valence-corrected chi connectivity index (χ4v) is 2.82. The molecule has 0 atom stereocenters. The second kappa shape index (κ2) is 10.6. The quantitative estimate of drug-likeness (QED) is 0.379. The average molecular weight is 379 g/mol. The number of nitrogens with one attached hydrogen (secondary N) is 1. The van der Waals surface area contributed by atoms with Crippen molar-refractivity contribution in [1.29, 1.82) is 0 Å². The molecule has 0 aliphatic carbocycles. The number of amides is 1. The third-order valence-electron chi connectivity index (χ3n) is 3.25. The first-order valence-electron chi connectivity index (χ1n) is 8.10. The Morgan fingerprint density at radius 1 is 1.31 bits per heavy atom. The van der Waals surface area contributed by atoms with E-state index in [4.69, 9.17) is 14.0 Å². The lowest BCUT2D eigenvalue weighted by molar-refractivity contribution is -0.118. The van der Waals surface area contributed by atoms with Crippen molar-refractivity contribution in [1.82, 2.24) is 15.5 Å². The molecule has 0 saturated heterocycles. The van der Waals surface area contributed by atoms with Gasteiger partial charge in [-0.2, -0.15) is 4.98 Å². The van der Waals surface area contributed by atoms with E-state index in [1.165, 1.54) is 11.8 Å². The van der Waals surface area contributed by atoms with Crippen LogP contribution in [0.5, 0.6) is 0 Å². The van der Waals surface area contributed by atoms with E-state index in [1.54, 1.807) is 31.4 Å². The summed E-state index contributed by atoms with van der Waals surface area (Å²) < 4.78 is 15.1. The van der Waals surface area contributed by atoms with Gasteiger partial charge in [0.15, 0.2) is 12.4 Å². The minimum absolute atomic E-state index is 0.0949. The van der Waals surface area contributed by atoms with E-state index in [9.17, 15) is 9.59 Å². The highest BCUT2D eigenvalue weighted by molar-refractivity contribution is 8.00. The van der Waals surface area contributed by atoms with Gasteiger partial charge >= 0.3 is 5.97 Å². The van der Waals surface area contributed by atoms with Gasteiger partial charge in [-0.15, -0.1) is 11.8 Å². The van der Waals surface area contributed by atoms with E-state index in [-0.39, 0.29) is 24.2 Å². The van der Waals surface area contributed by atoms with Crippen molar-refractivity contribution in [3.05, 3.63) is 41.5 Å². The maximum atomic E-state index is 12.3. The number of aromatic nitrogens is 2. The standard InChI is InChI=1S/C17H21N3O5S/c1-3-14-19-16(25-20-14)10-24-17(22)12-6-4-5-7-13(12)26-11-15(21)18-8-9-23-2/h4-7H,3,8-11H2,1-2H3,(H,18,21). The number of hydrogen-bond acceptors (Lipinski definition) is 8. The molecule has 2 rings (SSSR count). The van der Waals surface area contributed by atoms with Gasteiger partial charge in [0.1, 0.15) is 0 Å². The van der Waals surface area contributed by atoms with E-state index in [1.807, 2.05) is 6.92 Å². The summed E-state index contributed by atoms with van der Waals surface area (Å²) in [5.74, 6) is 0.360. The normalized spacial score (nSPS) is 10.5. The monoisotopic (exact) mass is 379 g/mol. The van der Waals surface area contributed by atoms with Crippen LogP contribution in [-0.4, -0.2) is 48.0 Å². The Kier molecular flexibility index (Phi) is 8.10. The van der Waals surface area contributed by atoms with Crippen LogP contribution in [0.4, 0.5) is 0 Å². The molecular formula is C17H21N3O5S. The molecule has 0 radical (unpaired) electrons. The first kappa shape index (κ1) is 19.9. The third-order valence-corrected chi connectivity index (χ3v) is 4.32. The topological polar surface area (TPSA) is 104 Å². The number of hydrogen-bond donors (Lipinski definition) is 1. The molecule has 8 nitrogen and oxygen atoms in total. The largest absolute Gasteiger partial charge is 0.452 e. The number of esters is 1. The molecule has 0 spiro atoms. The molecule has 0 aliphatic rings. The van der Waals surface area contributed by atoms with Crippen LogP contribution < -0.4 is 5.32 Å². The second-order valence-electron chi connectivity index (χ2n) is 5.16. The Morgan fingerprint density at radius 2 is 2.12 bits per heavy atom. The van der Waals surface area contributed by atoms with Gasteiger partial charge in [0.05, 0.1) is 17.9 Å². The minimum atomic E-state index is -0.510. The summed E-state index contributed by atoms with van der Waals surface area (Å²) >= 11 is 1.27. The van der Waals surface area contributed by atoms with Crippen molar-refractivity contribution in [2.75, 3.05) is 26.0 Å². The lowest BCUT2D eigenvalue weighted by Crippen LogP contribution is -2.28. The number of carbonyl (C=O) groups excluding carboxylic acids is 2. The number of benzene rings is 1. The Hall–Kier alpha value is -2.39. The van der Waals surface area contributed by atoms with Gasteiger partial charge in [-0.3, -0.25) is 4.79 Å². The number of methoxy groups -OCH3 is 1. The Balaban J connectivity index is 1.90. The number of aryl methyl sites for hydroxylation is 1. The molecule has 0 unspecified atom stereocenters. The van der Waals surface area contributed by atoms with Crippen LogP contribution in [0.1, 0.15) is 29.0 Å². The Labute approximate surface area is 155 Å². The summed E-state index contributed by atoms with van der Waals surface area (Å²) in [6.07, 6.45) is 0.642. The predicted molar refractivity (Wildman–Crippen MR) is 94.8 cm³/mol. The fourth-order valence-electron chi connectivity index (χ4n) is 1.95. The van der Waals surface area contributed by atoms with Crippen LogP contribution >= 0.6 is 11.8 Å². The summed E-state index contributed by atoms with van der Waals surface area (Å²) in [4.78, 5) is 28.9. The molecule has 26 heavy (non-hydrogen) atoms. The smallest absolute Gasteiger partial charge is 0.339 e. The molecule has 0 bridgehead atoms. The van der Waals surface area contributed by atoms with Crippen molar-refractivity contribution in [2.45, 2.75) is 24.8 Å². The Bertz CT molecular complexity index is 735.